The van der Waals surface area contributed by atoms with E-state index in [0.717, 1.165) is 0 Å². The average Bonchev–Trinajstić information content (AvgIpc) is 1.81. The van der Waals surface area contributed by atoms with Crippen molar-refractivity contribution in [1.82, 2.24) is 0 Å². The number of rotatable bonds is 3. The fourth-order valence-corrected chi connectivity index (χ4v) is 1.04. The Morgan fingerprint density at radius 1 is 1.58 bits per heavy atom. The molecule has 1 rings (SSSR count). The largest absolute Gasteiger partial charge is 0.464 e. The van der Waals surface area contributed by atoms with Crippen LogP contribution < -0.4 is 5.73 Å². The Labute approximate surface area is 73.3 Å². The molecule has 0 atom stereocenters. The quantitative estimate of drug-likeness (QED) is 0.646. The van der Waals surface area contributed by atoms with E-state index >= 15 is 0 Å². The summed E-state index contributed by atoms with van der Waals surface area (Å²) >= 11 is 0. The van der Waals surface area contributed by atoms with E-state index < -0.39 is 5.54 Å². The summed E-state index contributed by atoms with van der Waals surface area (Å²) in [5, 5.41) is 0. The van der Waals surface area contributed by atoms with Gasteiger partial charge in [0, 0.05) is 0 Å². The molecule has 0 amide bonds. The highest BCUT2D eigenvalue weighted by atomic mass is 16.5. The van der Waals surface area contributed by atoms with E-state index in [9.17, 15) is 4.79 Å². The summed E-state index contributed by atoms with van der Waals surface area (Å²) in [7, 11) is 0. The van der Waals surface area contributed by atoms with Crippen LogP contribution in [0.5, 0.6) is 0 Å². The highest BCUT2D eigenvalue weighted by Crippen LogP contribution is 2.26. The first-order valence-electron chi connectivity index (χ1n) is 4.46. The summed E-state index contributed by atoms with van der Waals surface area (Å²) in [6.07, 6.45) is 3.66. The first-order chi connectivity index (χ1) is 5.50. The molecule has 0 saturated heterocycles. The van der Waals surface area contributed by atoms with E-state index in [4.69, 9.17) is 10.5 Å². The van der Waals surface area contributed by atoms with Crippen molar-refractivity contribution in [3.8, 4) is 0 Å². The van der Waals surface area contributed by atoms with Gasteiger partial charge in [0.1, 0.15) is 5.54 Å². The second-order valence-corrected chi connectivity index (χ2v) is 4.12. The molecule has 0 aromatic carbocycles. The van der Waals surface area contributed by atoms with Crippen LogP contribution in [-0.2, 0) is 9.53 Å². The molecular formula is C9H17NO2. The van der Waals surface area contributed by atoms with Crippen molar-refractivity contribution in [2.75, 3.05) is 6.61 Å². The molecule has 1 saturated carbocycles. The third kappa shape index (κ3) is 2.48. The molecule has 1 aliphatic carbocycles. The van der Waals surface area contributed by atoms with E-state index in [-0.39, 0.29) is 5.97 Å². The van der Waals surface area contributed by atoms with Gasteiger partial charge in [0.2, 0.25) is 0 Å². The summed E-state index contributed by atoms with van der Waals surface area (Å²) in [6.45, 7) is 3.88. The Kier molecular flexibility index (Phi) is 2.73. The molecular weight excluding hydrogens is 154 g/mol. The Balaban J connectivity index is 2.17. The van der Waals surface area contributed by atoms with Crippen molar-refractivity contribution in [2.24, 2.45) is 11.7 Å². The standard InChI is InChI=1S/C9H17NO2/c1-9(2,10)8(11)12-6-7-4-3-5-7/h7H,3-6,10H2,1-2H3. The molecule has 12 heavy (non-hydrogen) atoms. The first kappa shape index (κ1) is 9.52. The molecule has 0 heterocycles. The third-order valence-electron chi connectivity index (χ3n) is 2.20. The number of carbonyl (C=O) groups excluding carboxylic acids is 1. The van der Waals surface area contributed by atoms with Gasteiger partial charge < -0.3 is 10.5 Å². The van der Waals surface area contributed by atoms with Crippen LogP contribution in [0.1, 0.15) is 33.1 Å². The van der Waals surface area contributed by atoms with E-state index in [2.05, 4.69) is 0 Å². The minimum absolute atomic E-state index is 0.297. The van der Waals surface area contributed by atoms with Crippen LogP contribution in [-0.4, -0.2) is 18.1 Å². The van der Waals surface area contributed by atoms with Gasteiger partial charge in [0.25, 0.3) is 0 Å². The molecule has 3 heteroatoms. The molecule has 1 aliphatic rings. The molecule has 0 unspecified atom stereocenters. The summed E-state index contributed by atoms with van der Waals surface area (Å²) in [6, 6.07) is 0. The van der Waals surface area contributed by atoms with E-state index in [1.807, 2.05) is 0 Å². The van der Waals surface area contributed by atoms with Gasteiger partial charge in [0.05, 0.1) is 6.61 Å². The van der Waals surface area contributed by atoms with Gasteiger partial charge in [-0.05, 0) is 32.6 Å². The van der Waals surface area contributed by atoms with Crippen molar-refractivity contribution in [2.45, 2.75) is 38.6 Å². The van der Waals surface area contributed by atoms with Crippen LogP contribution in [0.2, 0.25) is 0 Å². The Morgan fingerprint density at radius 2 is 2.17 bits per heavy atom. The smallest absolute Gasteiger partial charge is 0.325 e. The van der Waals surface area contributed by atoms with E-state index in [0.29, 0.717) is 12.5 Å². The molecule has 0 aliphatic heterocycles. The number of esters is 1. The van der Waals surface area contributed by atoms with Crippen molar-refractivity contribution >= 4 is 5.97 Å². The normalized spacial score (nSPS) is 18.6. The maximum absolute atomic E-state index is 11.2. The summed E-state index contributed by atoms with van der Waals surface area (Å²) in [4.78, 5) is 11.2. The lowest BCUT2D eigenvalue weighted by molar-refractivity contribution is -0.151. The van der Waals surface area contributed by atoms with Crippen molar-refractivity contribution in [3.05, 3.63) is 0 Å². The van der Waals surface area contributed by atoms with E-state index in [1.54, 1.807) is 13.8 Å². The van der Waals surface area contributed by atoms with Gasteiger partial charge in [-0.3, -0.25) is 4.79 Å². The van der Waals surface area contributed by atoms with Gasteiger partial charge >= 0.3 is 5.97 Å². The monoisotopic (exact) mass is 171 g/mol. The first-order valence-corrected chi connectivity index (χ1v) is 4.46. The predicted octanol–water partition coefficient (Wildman–Crippen LogP) is 1.07. The number of ether oxygens (including phenoxy) is 1. The van der Waals surface area contributed by atoms with E-state index in [1.165, 1.54) is 19.3 Å². The van der Waals surface area contributed by atoms with Gasteiger partial charge in [-0.15, -0.1) is 0 Å². The summed E-state index contributed by atoms with van der Waals surface area (Å²) in [5.74, 6) is 0.297. The lowest BCUT2D eigenvalue weighted by Crippen LogP contribution is -2.43. The number of hydrogen-bond donors (Lipinski definition) is 1. The van der Waals surface area contributed by atoms with Crippen LogP contribution >= 0.6 is 0 Å². The topological polar surface area (TPSA) is 52.3 Å². The molecule has 0 radical (unpaired) electrons. The highest BCUT2D eigenvalue weighted by molar-refractivity contribution is 5.79. The molecule has 0 spiro atoms. The van der Waals surface area contributed by atoms with Crippen LogP contribution in [0.3, 0.4) is 0 Å². The Morgan fingerprint density at radius 3 is 2.50 bits per heavy atom. The third-order valence-corrected chi connectivity index (χ3v) is 2.20. The second kappa shape index (κ2) is 3.44. The molecule has 2 N–H and O–H groups in total. The maximum Gasteiger partial charge on any atom is 0.325 e. The van der Waals surface area contributed by atoms with Crippen molar-refractivity contribution in [3.63, 3.8) is 0 Å². The highest BCUT2D eigenvalue weighted by Gasteiger charge is 2.26. The fourth-order valence-electron chi connectivity index (χ4n) is 1.04. The lowest BCUT2D eigenvalue weighted by atomic mass is 9.86. The zero-order valence-corrected chi connectivity index (χ0v) is 7.80. The van der Waals surface area contributed by atoms with Gasteiger partial charge in [-0.2, -0.15) is 0 Å². The second-order valence-electron chi connectivity index (χ2n) is 4.12. The summed E-state index contributed by atoms with van der Waals surface area (Å²) < 4.78 is 5.05. The number of hydrogen-bond acceptors (Lipinski definition) is 3. The molecule has 0 bridgehead atoms. The number of nitrogens with two attached hydrogens (primary N) is 1. The van der Waals surface area contributed by atoms with Crippen LogP contribution in [0.15, 0.2) is 0 Å². The molecule has 0 aromatic rings. The maximum atomic E-state index is 11.2. The number of carbonyl (C=O) groups is 1. The Hall–Kier alpha value is -0.570. The zero-order valence-electron chi connectivity index (χ0n) is 7.80. The van der Waals surface area contributed by atoms with Gasteiger partial charge in [-0.25, -0.2) is 0 Å². The molecule has 0 aromatic heterocycles. The fraction of sp³-hybridized carbons (Fsp3) is 0.889. The minimum Gasteiger partial charge on any atom is -0.464 e. The van der Waals surface area contributed by atoms with Crippen molar-refractivity contribution < 1.29 is 9.53 Å². The average molecular weight is 171 g/mol. The zero-order chi connectivity index (χ0) is 9.19. The minimum atomic E-state index is -0.844. The SMILES string of the molecule is CC(C)(N)C(=O)OCC1CCC1. The molecule has 3 nitrogen and oxygen atoms in total. The Bertz CT molecular complexity index is 168. The van der Waals surface area contributed by atoms with Gasteiger partial charge in [0.15, 0.2) is 0 Å². The van der Waals surface area contributed by atoms with Crippen LogP contribution in [0, 0.1) is 5.92 Å². The van der Waals surface area contributed by atoms with Crippen LogP contribution in [0.25, 0.3) is 0 Å². The lowest BCUT2D eigenvalue weighted by Gasteiger charge is -2.26. The summed E-state index contributed by atoms with van der Waals surface area (Å²) in [5.41, 5.74) is 4.71. The van der Waals surface area contributed by atoms with Crippen molar-refractivity contribution in [1.29, 1.82) is 0 Å². The molecule has 70 valence electrons. The molecule has 1 fully saturated rings. The van der Waals surface area contributed by atoms with Gasteiger partial charge in [-0.1, -0.05) is 6.42 Å². The van der Waals surface area contributed by atoms with Crippen LogP contribution in [0.4, 0.5) is 0 Å². The predicted molar refractivity (Wildman–Crippen MR) is 46.6 cm³/mol.